The molecule has 29 heavy (non-hydrogen) atoms. The zero-order valence-corrected chi connectivity index (χ0v) is 20.1. The first-order chi connectivity index (χ1) is 13.8. The molecule has 3 unspecified atom stereocenters. The monoisotopic (exact) mass is 400 g/mol. The van der Waals surface area contributed by atoms with Crippen LogP contribution in [0.5, 0.6) is 0 Å². The van der Waals surface area contributed by atoms with E-state index in [0.29, 0.717) is 23.4 Å². The molecule has 0 aliphatic heterocycles. The van der Waals surface area contributed by atoms with E-state index in [0.717, 1.165) is 35.5 Å². The van der Waals surface area contributed by atoms with Crippen LogP contribution in [0.1, 0.15) is 105 Å². The Kier molecular flexibility index (Phi) is 6.29. The number of aliphatic hydroxyl groups excluding tert-OH is 1. The summed E-state index contributed by atoms with van der Waals surface area (Å²) >= 11 is 0. The second-order valence-electron chi connectivity index (χ2n) is 12.6. The Morgan fingerprint density at radius 1 is 1.00 bits per heavy atom. The Balaban J connectivity index is 1.48. The smallest absolute Gasteiger partial charge is 0.0462 e. The van der Waals surface area contributed by atoms with Crippen molar-refractivity contribution in [3.8, 4) is 0 Å². The van der Waals surface area contributed by atoms with Gasteiger partial charge in [0.1, 0.15) is 0 Å². The lowest BCUT2D eigenvalue weighted by atomic mass is 9.46. The Labute approximate surface area is 181 Å². The summed E-state index contributed by atoms with van der Waals surface area (Å²) < 4.78 is 0. The van der Waals surface area contributed by atoms with Crippen LogP contribution in [0.15, 0.2) is 11.6 Å². The van der Waals surface area contributed by atoms with Crippen molar-refractivity contribution >= 4 is 0 Å². The zero-order chi connectivity index (χ0) is 20.8. The van der Waals surface area contributed by atoms with Crippen molar-refractivity contribution in [2.24, 2.45) is 52.3 Å². The van der Waals surface area contributed by atoms with E-state index in [4.69, 9.17) is 0 Å². The highest BCUT2D eigenvalue weighted by atomic mass is 16.3. The maximum atomic E-state index is 9.70. The van der Waals surface area contributed by atoms with Gasteiger partial charge in [0.05, 0.1) is 0 Å². The van der Waals surface area contributed by atoms with Crippen LogP contribution >= 0.6 is 0 Å². The molecule has 3 fully saturated rings. The maximum Gasteiger partial charge on any atom is 0.0462 e. The Hall–Kier alpha value is -0.300. The predicted octanol–water partition coefficient (Wildman–Crippen LogP) is 7.64. The van der Waals surface area contributed by atoms with Crippen molar-refractivity contribution in [1.82, 2.24) is 0 Å². The van der Waals surface area contributed by atoms with Gasteiger partial charge in [-0.15, -0.1) is 0 Å². The highest BCUT2D eigenvalue weighted by Gasteiger charge is 2.59. The van der Waals surface area contributed by atoms with Gasteiger partial charge in [-0.3, -0.25) is 0 Å². The van der Waals surface area contributed by atoms with Gasteiger partial charge >= 0.3 is 0 Å². The van der Waals surface area contributed by atoms with Crippen molar-refractivity contribution < 1.29 is 5.11 Å². The molecule has 0 heterocycles. The fourth-order valence-electron chi connectivity index (χ4n) is 8.92. The third-order valence-corrected chi connectivity index (χ3v) is 10.7. The molecule has 1 nitrogen and oxygen atoms in total. The fourth-order valence-corrected chi connectivity index (χ4v) is 8.92. The molecule has 1 heteroatoms. The van der Waals surface area contributed by atoms with E-state index in [1.807, 2.05) is 0 Å². The van der Waals surface area contributed by atoms with Crippen LogP contribution in [0, 0.1) is 52.3 Å². The molecule has 1 N–H and O–H groups in total. The molecular weight excluding hydrogens is 352 g/mol. The molecular formula is C28H48O. The molecule has 0 amide bonds. The topological polar surface area (TPSA) is 20.2 Å². The third kappa shape index (κ3) is 3.77. The first kappa shape index (κ1) is 21.9. The van der Waals surface area contributed by atoms with E-state index >= 15 is 0 Å². The number of hydrogen-bond acceptors (Lipinski definition) is 1. The van der Waals surface area contributed by atoms with E-state index in [1.54, 1.807) is 5.57 Å². The van der Waals surface area contributed by atoms with Crippen molar-refractivity contribution in [2.45, 2.75) is 105 Å². The third-order valence-electron chi connectivity index (χ3n) is 10.7. The van der Waals surface area contributed by atoms with Crippen LogP contribution in [0.2, 0.25) is 0 Å². The lowest BCUT2D eigenvalue weighted by molar-refractivity contribution is -0.0540. The van der Waals surface area contributed by atoms with Crippen LogP contribution in [-0.4, -0.2) is 11.7 Å². The van der Waals surface area contributed by atoms with E-state index < -0.39 is 0 Å². The zero-order valence-electron chi connectivity index (χ0n) is 20.1. The van der Waals surface area contributed by atoms with Crippen molar-refractivity contribution in [3.63, 3.8) is 0 Å². The maximum absolute atomic E-state index is 9.70. The van der Waals surface area contributed by atoms with Gasteiger partial charge in [-0.05, 0) is 104 Å². The summed E-state index contributed by atoms with van der Waals surface area (Å²) in [6.45, 7) is 13.0. The quantitative estimate of drug-likeness (QED) is 0.454. The van der Waals surface area contributed by atoms with Gasteiger partial charge in [0, 0.05) is 6.61 Å². The predicted molar refractivity (Wildman–Crippen MR) is 124 cm³/mol. The number of aliphatic hydroxyl groups is 1. The lowest BCUT2D eigenvalue weighted by Gasteiger charge is -2.58. The van der Waals surface area contributed by atoms with E-state index in [-0.39, 0.29) is 0 Å². The Morgan fingerprint density at radius 3 is 2.52 bits per heavy atom. The summed E-state index contributed by atoms with van der Waals surface area (Å²) in [5.74, 6) is 6.06. The molecule has 4 rings (SSSR count). The highest BCUT2D eigenvalue weighted by molar-refractivity contribution is 5.25. The first-order valence-electron chi connectivity index (χ1n) is 13.1. The van der Waals surface area contributed by atoms with E-state index in [1.165, 1.54) is 70.6 Å². The first-order valence-corrected chi connectivity index (χ1v) is 13.1. The molecule has 0 radical (unpaired) electrons. The number of allylic oxidation sites excluding steroid dienone is 2. The van der Waals surface area contributed by atoms with Crippen LogP contribution in [-0.2, 0) is 0 Å². The minimum atomic E-state index is 0.387. The number of hydrogen-bond donors (Lipinski definition) is 1. The Morgan fingerprint density at radius 2 is 1.79 bits per heavy atom. The van der Waals surface area contributed by atoms with Crippen LogP contribution in [0.3, 0.4) is 0 Å². The largest absolute Gasteiger partial charge is 0.396 e. The van der Waals surface area contributed by atoms with E-state index in [9.17, 15) is 5.11 Å². The molecule has 8 atom stereocenters. The molecule has 0 aromatic carbocycles. The minimum absolute atomic E-state index is 0.387. The standard InChI is InChI=1S/C28H48O/c1-19(2)7-6-8-20(3)24-11-12-25-23-10-9-22-17-21(18-29)13-15-27(22,4)26(23)14-16-28(24,25)5/h9,19-21,23-26,29H,6-8,10-18H2,1-5H3/t20-,21+,23?,24-,25?,26?,27+,28-/m1/s1. The molecule has 4 aliphatic carbocycles. The van der Waals surface area contributed by atoms with Crippen LogP contribution < -0.4 is 0 Å². The second-order valence-corrected chi connectivity index (χ2v) is 12.6. The van der Waals surface area contributed by atoms with E-state index in [2.05, 4.69) is 40.7 Å². The molecule has 3 saturated carbocycles. The molecule has 0 bridgehead atoms. The van der Waals surface area contributed by atoms with Gasteiger partial charge in [0.15, 0.2) is 0 Å². The lowest BCUT2D eigenvalue weighted by Crippen LogP contribution is -2.50. The average molecular weight is 401 g/mol. The van der Waals surface area contributed by atoms with Gasteiger partial charge in [0.25, 0.3) is 0 Å². The molecule has 0 aromatic heterocycles. The summed E-state index contributed by atoms with van der Waals surface area (Å²) in [7, 11) is 0. The SMILES string of the molecule is CC(C)CCC[C@@H](C)[C@H]1CCC2C3CC=C4C[C@@H](CO)CC[C@]4(C)C3CC[C@@]21C. The summed E-state index contributed by atoms with van der Waals surface area (Å²) in [5.41, 5.74) is 2.77. The van der Waals surface area contributed by atoms with Crippen molar-refractivity contribution in [1.29, 1.82) is 0 Å². The van der Waals surface area contributed by atoms with Gasteiger partial charge in [-0.25, -0.2) is 0 Å². The summed E-state index contributed by atoms with van der Waals surface area (Å²) in [6.07, 6.45) is 17.9. The summed E-state index contributed by atoms with van der Waals surface area (Å²) in [5, 5.41) is 9.70. The van der Waals surface area contributed by atoms with Gasteiger partial charge in [0.2, 0.25) is 0 Å². The van der Waals surface area contributed by atoms with Crippen LogP contribution in [0.4, 0.5) is 0 Å². The molecule has 4 aliphatic rings. The van der Waals surface area contributed by atoms with Gasteiger partial charge in [-0.2, -0.15) is 0 Å². The Bertz CT molecular complexity index is 605. The number of rotatable bonds is 6. The molecule has 0 spiro atoms. The molecule has 166 valence electrons. The highest BCUT2D eigenvalue weighted by Crippen LogP contribution is 2.67. The van der Waals surface area contributed by atoms with Crippen molar-refractivity contribution in [2.75, 3.05) is 6.61 Å². The van der Waals surface area contributed by atoms with Crippen LogP contribution in [0.25, 0.3) is 0 Å². The fraction of sp³-hybridized carbons (Fsp3) is 0.929. The minimum Gasteiger partial charge on any atom is -0.396 e. The van der Waals surface area contributed by atoms with Gasteiger partial charge in [-0.1, -0.05) is 65.5 Å². The summed E-state index contributed by atoms with van der Waals surface area (Å²) in [6, 6.07) is 0. The molecule has 0 saturated heterocycles. The summed E-state index contributed by atoms with van der Waals surface area (Å²) in [4.78, 5) is 0. The van der Waals surface area contributed by atoms with Gasteiger partial charge < -0.3 is 5.11 Å². The molecule has 0 aromatic rings. The second kappa shape index (κ2) is 8.33. The average Bonchev–Trinajstić information content (AvgIpc) is 3.04. The van der Waals surface area contributed by atoms with Crippen molar-refractivity contribution in [3.05, 3.63) is 11.6 Å². The number of fused-ring (bicyclic) bond motifs is 5. The normalized spacial score (nSPS) is 45.3.